The van der Waals surface area contributed by atoms with Crippen LogP contribution >= 0.6 is 24.8 Å². The van der Waals surface area contributed by atoms with Gasteiger partial charge in [0.2, 0.25) is 5.89 Å². The van der Waals surface area contributed by atoms with Crippen LogP contribution in [-0.4, -0.2) is 42.2 Å². The predicted octanol–water partition coefficient (Wildman–Crippen LogP) is 4.71. The number of nitrogens with one attached hydrogen (secondary N) is 1. The number of carbonyl (C=O) groups is 2. The Kier molecular flexibility index (Phi) is 11.4. The van der Waals surface area contributed by atoms with Gasteiger partial charge in [0, 0.05) is 11.8 Å². The largest absolute Gasteiger partial charge is 0.489 e. The van der Waals surface area contributed by atoms with Crippen LogP contribution in [0.25, 0.3) is 11.5 Å². The van der Waals surface area contributed by atoms with Crippen LogP contribution in [0.15, 0.2) is 40.9 Å². The maximum absolute atomic E-state index is 12.8. The Labute approximate surface area is 235 Å². The summed E-state index contributed by atoms with van der Waals surface area (Å²) in [6.45, 7) is -0.956. The number of pyridine rings is 1. The molecule has 1 fully saturated rings. The van der Waals surface area contributed by atoms with Gasteiger partial charge in [0.25, 0.3) is 5.91 Å². The van der Waals surface area contributed by atoms with E-state index in [-0.39, 0.29) is 60.0 Å². The Morgan fingerprint density at radius 2 is 1.92 bits per heavy atom. The first-order valence-electron chi connectivity index (χ1n) is 11.5. The van der Waals surface area contributed by atoms with E-state index >= 15 is 0 Å². The molecule has 1 unspecified atom stereocenters. The fourth-order valence-electron chi connectivity index (χ4n) is 3.46. The fourth-order valence-corrected chi connectivity index (χ4v) is 3.46. The number of hydrogen-bond donors (Lipinski definition) is 2. The maximum atomic E-state index is 12.8. The van der Waals surface area contributed by atoms with Crippen LogP contribution in [-0.2, 0) is 11.3 Å². The Bertz CT molecular complexity index is 1290. The minimum absolute atomic E-state index is 0. The molecule has 1 amide bonds. The van der Waals surface area contributed by atoms with Crippen LogP contribution in [0.2, 0.25) is 0 Å². The molecule has 10 nitrogen and oxygen atoms in total. The van der Waals surface area contributed by atoms with Crippen LogP contribution in [0.5, 0.6) is 11.5 Å². The molecule has 39 heavy (non-hydrogen) atoms. The molecule has 212 valence electrons. The van der Waals surface area contributed by atoms with Gasteiger partial charge in [-0.15, -0.1) is 24.8 Å². The Morgan fingerprint density at radius 3 is 2.56 bits per heavy atom. The number of ether oxygens (including phenoxy) is 3. The molecule has 1 atom stereocenters. The van der Waals surface area contributed by atoms with Crippen molar-refractivity contribution in [1.29, 1.82) is 0 Å². The van der Waals surface area contributed by atoms with Crippen molar-refractivity contribution in [3.63, 3.8) is 0 Å². The van der Waals surface area contributed by atoms with E-state index in [0.717, 1.165) is 12.8 Å². The second-order valence-corrected chi connectivity index (χ2v) is 8.52. The van der Waals surface area contributed by atoms with Crippen molar-refractivity contribution < 1.29 is 37.0 Å². The predicted molar refractivity (Wildman–Crippen MR) is 141 cm³/mol. The number of methoxy groups -OCH3 is 1. The third-order valence-corrected chi connectivity index (χ3v) is 5.55. The van der Waals surface area contributed by atoms with Crippen LogP contribution < -0.4 is 20.5 Å². The van der Waals surface area contributed by atoms with Gasteiger partial charge in [-0.3, -0.25) is 9.78 Å². The highest BCUT2D eigenvalue weighted by Crippen LogP contribution is 2.37. The Balaban J connectivity index is 0.00000267. The van der Waals surface area contributed by atoms with Crippen molar-refractivity contribution >= 4 is 36.7 Å². The van der Waals surface area contributed by atoms with E-state index in [2.05, 4.69) is 24.8 Å². The molecule has 1 aliphatic carbocycles. The van der Waals surface area contributed by atoms with Gasteiger partial charge in [-0.05, 0) is 56.0 Å². The van der Waals surface area contributed by atoms with Gasteiger partial charge in [0.1, 0.15) is 17.1 Å². The molecule has 3 aromatic rings. The summed E-state index contributed by atoms with van der Waals surface area (Å²) in [6, 6.07) is 6.58. The molecular weight excluding hydrogens is 561 g/mol. The first kappa shape index (κ1) is 31.7. The number of nitrogens with zero attached hydrogens (tertiary/aromatic N) is 2. The molecule has 1 saturated carbocycles. The molecule has 1 aromatic carbocycles. The van der Waals surface area contributed by atoms with Crippen molar-refractivity contribution in [1.82, 2.24) is 15.3 Å². The lowest BCUT2D eigenvalue weighted by Gasteiger charge is -2.12. The summed E-state index contributed by atoms with van der Waals surface area (Å²) in [7, 11) is 1.24. The average Bonchev–Trinajstić information content (AvgIpc) is 3.62. The smallest absolute Gasteiger partial charge is 0.387 e. The quantitative estimate of drug-likeness (QED) is 0.305. The van der Waals surface area contributed by atoms with Crippen molar-refractivity contribution in [2.75, 3.05) is 13.7 Å². The zero-order valence-corrected chi connectivity index (χ0v) is 22.7. The number of hydrogen-bond acceptors (Lipinski definition) is 9. The second-order valence-electron chi connectivity index (χ2n) is 8.52. The lowest BCUT2D eigenvalue weighted by atomic mass is 10.2. The van der Waals surface area contributed by atoms with E-state index in [9.17, 15) is 18.4 Å². The van der Waals surface area contributed by atoms with E-state index in [1.807, 2.05) is 0 Å². The summed E-state index contributed by atoms with van der Waals surface area (Å²) in [4.78, 5) is 32.8. The van der Waals surface area contributed by atoms with Gasteiger partial charge in [-0.1, -0.05) is 0 Å². The number of benzene rings is 1. The highest BCUT2D eigenvalue weighted by molar-refractivity contribution is 5.96. The number of amides is 1. The fraction of sp³-hybridized carbons (Fsp3) is 0.360. The van der Waals surface area contributed by atoms with Crippen molar-refractivity contribution in [3.05, 3.63) is 59.2 Å². The van der Waals surface area contributed by atoms with Gasteiger partial charge < -0.3 is 29.7 Å². The van der Waals surface area contributed by atoms with Crippen LogP contribution in [0, 0.1) is 5.92 Å². The molecule has 2 aromatic heterocycles. The topological polar surface area (TPSA) is 139 Å². The normalized spacial score (nSPS) is 13.1. The van der Waals surface area contributed by atoms with Gasteiger partial charge >= 0.3 is 12.6 Å². The maximum Gasteiger partial charge on any atom is 0.387 e. The summed E-state index contributed by atoms with van der Waals surface area (Å²) >= 11 is 0. The number of carbonyl (C=O) groups excluding carboxylic acids is 2. The first-order chi connectivity index (χ1) is 17.7. The zero-order valence-electron chi connectivity index (χ0n) is 21.0. The van der Waals surface area contributed by atoms with E-state index < -0.39 is 24.5 Å². The Morgan fingerprint density at radius 1 is 1.18 bits per heavy atom. The van der Waals surface area contributed by atoms with Crippen molar-refractivity contribution in [2.24, 2.45) is 11.7 Å². The molecule has 0 saturated heterocycles. The molecule has 0 bridgehead atoms. The molecular formula is C25H28Cl2F2N4O6. The first-order valence-corrected chi connectivity index (χ1v) is 11.5. The monoisotopic (exact) mass is 588 g/mol. The minimum atomic E-state index is -3.00. The summed E-state index contributed by atoms with van der Waals surface area (Å²) in [5.41, 5.74) is 7.08. The number of halogens is 4. The number of esters is 1. The summed E-state index contributed by atoms with van der Waals surface area (Å²) in [5.74, 6) is -0.184. The highest BCUT2D eigenvalue weighted by atomic mass is 35.5. The van der Waals surface area contributed by atoms with Gasteiger partial charge in [-0.2, -0.15) is 8.78 Å². The lowest BCUT2D eigenvalue weighted by molar-refractivity contribution is -0.0515. The number of rotatable bonds is 11. The standard InChI is InChI=1S/C25H26F2N4O6.2ClH/c1-13(28)21-18(11-30-22(32)17-9-16(7-8-29-17)24(33)34-2)31-23(37-21)15-5-6-19(36-25(26)27)20(10-15)35-12-14-3-4-14;;/h5-10,13-14,25H,3-4,11-12,28H2,1-2H3,(H,30,32);2*1H. The minimum Gasteiger partial charge on any atom is -0.489 e. The van der Waals surface area contributed by atoms with Crippen molar-refractivity contribution in [2.45, 2.75) is 39.0 Å². The lowest BCUT2D eigenvalue weighted by Crippen LogP contribution is -2.25. The van der Waals surface area contributed by atoms with Gasteiger partial charge in [-0.25, -0.2) is 9.78 Å². The SMILES string of the molecule is COC(=O)c1ccnc(C(=O)NCc2nc(-c3ccc(OC(F)F)c(OCC4CC4)c3)oc2C(C)N)c1.Cl.Cl. The van der Waals surface area contributed by atoms with E-state index in [1.165, 1.54) is 43.6 Å². The zero-order chi connectivity index (χ0) is 26.5. The summed E-state index contributed by atoms with van der Waals surface area (Å²) in [5, 5.41) is 2.68. The van der Waals surface area contributed by atoms with E-state index in [4.69, 9.17) is 14.9 Å². The molecule has 14 heteroatoms. The third kappa shape index (κ3) is 8.25. The molecule has 0 radical (unpaired) electrons. The highest BCUT2D eigenvalue weighted by Gasteiger charge is 2.24. The molecule has 4 rings (SSSR count). The summed E-state index contributed by atoms with van der Waals surface area (Å²) in [6.07, 6.45) is 3.38. The molecule has 2 heterocycles. The van der Waals surface area contributed by atoms with Crippen LogP contribution in [0.1, 0.15) is 58.1 Å². The molecule has 0 aliphatic heterocycles. The number of aromatic nitrogens is 2. The van der Waals surface area contributed by atoms with E-state index in [0.29, 0.717) is 29.5 Å². The second kappa shape index (κ2) is 14.1. The van der Waals surface area contributed by atoms with Crippen LogP contribution in [0.3, 0.4) is 0 Å². The molecule has 1 aliphatic rings. The Hall–Kier alpha value is -3.48. The number of nitrogens with two attached hydrogens (primary N) is 1. The van der Waals surface area contributed by atoms with Crippen LogP contribution in [0.4, 0.5) is 8.78 Å². The van der Waals surface area contributed by atoms with Crippen molar-refractivity contribution in [3.8, 4) is 23.0 Å². The number of alkyl halides is 2. The third-order valence-electron chi connectivity index (χ3n) is 5.55. The van der Waals surface area contributed by atoms with Gasteiger partial charge in [0.05, 0.1) is 31.9 Å². The molecule has 3 N–H and O–H groups in total. The van der Waals surface area contributed by atoms with E-state index in [1.54, 1.807) is 6.92 Å². The van der Waals surface area contributed by atoms with Gasteiger partial charge in [0.15, 0.2) is 11.5 Å². The molecule has 0 spiro atoms. The summed E-state index contributed by atoms with van der Waals surface area (Å²) < 4.78 is 46.5. The average molecular weight is 589 g/mol. The number of oxazole rings is 1.